The lowest BCUT2D eigenvalue weighted by atomic mass is 9.50. The van der Waals surface area contributed by atoms with E-state index in [4.69, 9.17) is 0 Å². The van der Waals surface area contributed by atoms with Gasteiger partial charge in [0, 0.05) is 0 Å². The summed E-state index contributed by atoms with van der Waals surface area (Å²) in [4.78, 5) is 0. The normalized spacial score (nSPS) is 25.5. The van der Waals surface area contributed by atoms with Crippen LogP contribution in [0.25, 0.3) is 0 Å². The number of fused-ring (bicyclic) bond motifs is 3. The van der Waals surface area contributed by atoms with E-state index < -0.39 is 0 Å². The Kier molecular flexibility index (Phi) is 7.40. The van der Waals surface area contributed by atoms with Crippen LogP contribution in [-0.4, -0.2) is 0 Å². The minimum atomic E-state index is 0.143. The van der Waals surface area contributed by atoms with E-state index in [-0.39, 0.29) is 5.41 Å². The van der Waals surface area contributed by atoms with E-state index in [2.05, 4.69) is 38.1 Å². The molecule has 0 amide bonds. The highest BCUT2D eigenvalue weighted by Gasteiger charge is 2.49. The van der Waals surface area contributed by atoms with Gasteiger partial charge in [-0.3, -0.25) is 0 Å². The molecule has 1 aromatic carbocycles. The molecule has 0 aromatic heterocycles. The molecule has 0 atom stereocenters. The van der Waals surface area contributed by atoms with Crippen molar-refractivity contribution in [3.05, 3.63) is 34.4 Å². The third kappa shape index (κ3) is 4.53. The largest absolute Gasteiger partial charge is 0.192 e. The van der Waals surface area contributed by atoms with Crippen molar-refractivity contribution in [2.24, 2.45) is 5.41 Å². The van der Waals surface area contributed by atoms with Crippen molar-refractivity contribution in [2.45, 2.75) is 116 Å². The van der Waals surface area contributed by atoms with Gasteiger partial charge >= 0.3 is 0 Å². The summed E-state index contributed by atoms with van der Waals surface area (Å²) in [6.07, 6.45) is 18.7. The van der Waals surface area contributed by atoms with Gasteiger partial charge < -0.3 is 0 Å². The number of benzene rings is 1. The van der Waals surface area contributed by atoms with E-state index >= 15 is 0 Å². The Morgan fingerprint density at radius 1 is 0.759 bits per heavy atom. The maximum atomic E-state index is 10.00. The molecule has 0 saturated heterocycles. The second kappa shape index (κ2) is 9.80. The fraction of sp³-hybridized carbons (Fsp3) is 0.704. The Balaban J connectivity index is 1.78. The maximum absolute atomic E-state index is 10.00. The minimum absolute atomic E-state index is 0.143. The van der Waals surface area contributed by atoms with E-state index in [9.17, 15) is 10.5 Å². The summed E-state index contributed by atoms with van der Waals surface area (Å²) in [7, 11) is 0. The second-order valence-electron chi connectivity index (χ2n) is 9.79. The van der Waals surface area contributed by atoms with Crippen LogP contribution in [0, 0.1) is 28.1 Å². The summed E-state index contributed by atoms with van der Waals surface area (Å²) in [5.74, 6) is 0. The quantitative estimate of drug-likeness (QED) is 0.384. The van der Waals surface area contributed by atoms with Gasteiger partial charge in [0.1, 0.15) is 12.1 Å². The predicted octanol–water partition coefficient (Wildman–Crippen LogP) is 7.73. The van der Waals surface area contributed by atoms with Gasteiger partial charge in [0.15, 0.2) is 0 Å². The Morgan fingerprint density at radius 2 is 1.38 bits per heavy atom. The molecule has 0 heterocycles. The van der Waals surface area contributed by atoms with E-state index in [0.717, 1.165) is 18.4 Å². The highest BCUT2D eigenvalue weighted by atomic mass is 14.5. The molecule has 3 aliphatic carbocycles. The van der Waals surface area contributed by atoms with Crippen molar-refractivity contribution < 1.29 is 0 Å². The topological polar surface area (TPSA) is 47.6 Å². The SMILES string of the molecule is CCCCCCC12CCC(c3ccc(CCCCC)c(C#N)c3C#N)(CC1)CC2. The van der Waals surface area contributed by atoms with Gasteiger partial charge in [-0.25, -0.2) is 0 Å². The summed E-state index contributed by atoms with van der Waals surface area (Å²) in [6.45, 7) is 4.48. The van der Waals surface area contributed by atoms with Gasteiger partial charge in [-0.15, -0.1) is 0 Å². The van der Waals surface area contributed by atoms with Crippen molar-refractivity contribution in [1.29, 1.82) is 10.5 Å². The molecule has 0 N–H and O–H groups in total. The molecule has 156 valence electrons. The molecule has 2 nitrogen and oxygen atoms in total. The highest BCUT2D eigenvalue weighted by molar-refractivity contribution is 5.57. The van der Waals surface area contributed by atoms with E-state index in [0.29, 0.717) is 16.5 Å². The van der Waals surface area contributed by atoms with Gasteiger partial charge in [-0.1, -0.05) is 64.5 Å². The molecule has 0 unspecified atom stereocenters. The zero-order valence-electron chi connectivity index (χ0n) is 18.7. The average Bonchev–Trinajstić information content (AvgIpc) is 2.77. The molecule has 1 aromatic rings. The van der Waals surface area contributed by atoms with Crippen LogP contribution in [0.3, 0.4) is 0 Å². The van der Waals surface area contributed by atoms with Crippen molar-refractivity contribution in [3.8, 4) is 12.1 Å². The molecule has 29 heavy (non-hydrogen) atoms. The Bertz CT molecular complexity index is 752. The lowest BCUT2D eigenvalue weighted by Crippen LogP contribution is -2.44. The summed E-state index contributed by atoms with van der Waals surface area (Å²) >= 11 is 0. The standard InChI is InChI=1S/C27H38N2/c1-3-5-7-9-13-26-14-17-27(18-15-26,19-16-26)25-12-11-22(10-8-6-4-2)23(20-28)24(25)21-29/h11-12H,3-10,13-19H2,1-2H3. The van der Waals surface area contributed by atoms with E-state index in [1.807, 2.05) is 0 Å². The molecule has 3 aliphatic rings. The maximum Gasteiger partial charge on any atom is 0.101 e. The molecular formula is C27H38N2. The minimum Gasteiger partial charge on any atom is -0.192 e. The lowest BCUT2D eigenvalue weighted by molar-refractivity contribution is 0.0303. The Labute approximate surface area is 178 Å². The first-order chi connectivity index (χ1) is 14.1. The molecule has 0 spiro atoms. The van der Waals surface area contributed by atoms with Crippen molar-refractivity contribution in [3.63, 3.8) is 0 Å². The van der Waals surface area contributed by atoms with Crippen LogP contribution in [-0.2, 0) is 11.8 Å². The number of aryl methyl sites for hydroxylation is 1. The highest BCUT2D eigenvalue weighted by Crippen LogP contribution is 2.60. The molecule has 0 radical (unpaired) electrons. The first kappa shape index (κ1) is 21.9. The van der Waals surface area contributed by atoms with Gasteiger partial charge in [-0.05, 0) is 79.7 Å². The summed E-state index contributed by atoms with van der Waals surface area (Å²) in [5.41, 5.74) is 4.34. The van der Waals surface area contributed by atoms with Crippen LogP contribution in [0.4, 0.5) is 0 Å². The van der Waals surface area contributed by atoms with Crippen molar-refractivity contribution in [2.75, 3.05) is 0 Å². The molecular weight excluding hydrogens is 352 g/mol. The van der Waals surface area contributed by atoms with Gasteiger partial charge in [-0.2, -0.15) is 10.5 Å². The number of nitrogens with zero attached hydrogens (tertiary/aromatic N) is 2. The predicted molar refractivity (Wildman–Crippen MR) is 120 cm³/mol. The van der Waals surface area contributed by atoms with Gasteiger partial charge in [0.2, 0.25) is 0 Å². The molecule has 4 rings (SSSR count). The summed E-state index contributed by atoms with van der Waals surface area (Å²) in [5, 5.41) is 19.9. The first-order valence-corrected chi connectivity index (χ1v) is 12.1. The van der Waals surface area contributed by atoms with Crippen LogP contribution >= 0.6 is 0 Å². The van der Waals surface area contributed by atoms with Crippen LogP contribution in [0.2, 0.25) is 0 Å². The monoisotopic (exact) mass is 390 g/mol. The average molecular weight is 391 g/mol. The summed E-state index contributed by atoms with van der Waals surface area (Å²) in [6, 6.07) is 9.24. The Hall–Kier alpha value is -1.80. The zero-order chi connectivity index (χ0) is 20.7. The van der Waals surface area contributed by atoms with E-state index in [1.54, 1.807) is 0 Å². The van der Waals surface area contributed by atoms with Gasteiger partial charge in [0.05, 0.1) is 11.1 Å². The number of nitriles is 2. The summed E-state index contributed by atoms with van der Waals surface area (Å²) < 4.78 is 0. The third-order valence-corrected chi connectivity index (χ3v) is 8.10. The van der Waals surface area contributed by atoms with E-state index in [1.165, 1.54) is 89.0 Å². The van der Waals surface area contributed by atoms with Crippen molar-refractivity contribution in [1.82, 2.24) is 0 Å². The molecule has 3 fully saturated rings. The third-order valence-electron chi connectivity index (χ3n) is 8.10. The molecule has 2 heteroatoms. The van der Waals surface area contributed by atoms with Gasteiger partial charge in [0.25, 0.3) is 0 Å². The van der Waals surface area contributed by atoms with Crippen LogP contribution in [0.5, 0.6) is 0 Å². The first-order valence-electron chi connectivity index (χ1n) is 12.1. The number of unbranched alkanes of at least 4 members (excludes halogenated alkanes) is 5. The van der Waals surface area contributed by atoms with Crippen LogP contribution < -0.4 is 0 Å². The smallest absolute Gasteiger partial charge is 0.101 e. The molecule has 3 saturated carbocycles. The lowest BCUT2D eigenvalue weighted by Gasteiger charge is -2.54. The Morgan fingerprint density at radius 3 is 1.97 bits per heavy atom. The molecule has 0 aliphatic heterocycles. The number of hydrogen-bond acceptors (Lipinski definition) is 2. The van der Waals surface area contributed by atoms with Crippen LogP contribution in [0.15, 0.2) is 12.1 Å². The van der Waals surface area contributed by atoms with Crippen LogP contribution in [0.1, 0.15) is 126 Å². The number of rotatable bonds is 10. The zero-order valence-corrected chi connectivity index (χ0v) is 18.7. The van der Waals surface area contributed by atoms with Crippen molar-refractivity contribution >= 4 is 0 Å². The molecule has 2 bridgehead atoms. The fourth-order valence-electron chi connectivity index (χ4n) is 6.07. The number of hydrogen-bond donors (Lipinski definition) is 0. The fourth-order valence-corrected chi connectivity index (χ4v) is 6.07. The second-order valence-corrected chi connectivity index (χ2v) is 9.79.